The summed E-state index contributed by atoms with van der Waals surface area (Å²) in [5.41, 5.74) is 2.59. The number of morpholine rings is 1. The molecule has 3 rings (SSSR count). The SMILES string of the molecule is CCn1ccc2ccc(CN3CCOC[C@@H]3CO)cc21. The van der Waals surface area contributed by atoms with E-state index in [2.05, 4.69) is 46.9 Å². The highest BCUT2D eigenvalue weighted by Crippen LogP contribution is 2.20. The summed E-state index contributed by atoms with van der Waals surface area (Å²) in [6.45, 7) is 6.46. The maximum atomic E-state index is 9.43. The Kier molecular flexibility index (Phi) is 4.05. The number of aliphatic hydroxyl groups is 1. The fourth-order valence-corrected chi connectivity index (χ4v) is 2.90. The number of benzene rings is 1. The summed E-state index contributed by atoms with van der Waals surface area (Å²) in [5.74, 6) is 0. The van der Waals surface area contributed by atoms with Crippen LogP contribution in [0.4, 0.5) is 0 Å². The van der Waals surface area contributed by atoms with Crippen LogP contribution in [0.2, 0.25) is 0 Å². The molecule has 108 valence electrons. The summed E-state index contributed by atoms with van der Waals surface area (Å²) < 4.78 is 7.70. The Hall–Kier alpha value is -1.36. The van der Waals surface area contributed by atoms with Crippen LogP contribution in [0.3, 0.4) is 0 Å². The minimum absolute atomic E-state index is 0.123. The molecule has 20 heavy (non-hydrogen) atoms. The van der Waals surface area contributed by atoms with E-state index >= 15 is 0 Å². The Morgan fingerprint density at radius 2 is 2.25 bits per heavy atom. The Balaban J connectivity index is 1.82. The molecule has 0 spiro atoms. The third-order valence-electron chi connectivity index (χ3n) is 4.12. The van der Waals surface area contributed by atoms with Crippen molar-refractivity contribution in [3.63, 3.8) is 0 Å². The highest BCUT2D eigenvalue weighted by molar-refractivity contribution is 5.80. The van der Waals surface area contributed by atoms with Crippen molar-refractivity contribution in [2.75, 3.05) is 26.4 Å². The van der Waals surface area contributed by atoms with Crippen molar-refractivity contribution < 1.29 is 9.84 Å². The minimum atomic E-state index is 0.123. The Labute approximate surface area is 119 Å². The lowest BCUT2D eigenvalue weighted by Crippen LogP contribution is -2.46. The molecule has 0 amide bonds. The molecular weight excluding hydrogens is 252 g/mol. The number of nitrogens with zero attached hydrogens (tertiary/aromatic N) is 2. The van der Waals surface area contributed by atoms with Crippen LogP contribution >= 0.6 is 0 Å². The number of aliphatic hydroxyl groups excluding tert-OH is 1. The highest BCUT2D eigenvalue weighted by atomic mass is 16.5. The van der Waals surface area contributed by atoms with E-state index in [-0.39, 0.29) is 12.6 Å². The zero-order valence-electron chi connectivity index (χ0n) is 12.0. The van der Waals surface area contributed by atoms with Gasteiger partial charge in [-0.25, -0.2) is 0 Å². The van der Waals surface area contributed by atoms with Gasteiger partial charge < -0.3 is 14.4 Å². The molecule has 1 aromatic heterocycles. The molecule has 0 saturated carbocycles. The van der Waals surface area contributed by atoms with Crippen molar-refractivity contribution in [1.29, 1.82) is 0 Å². The van der Waals surface area contributed by atoms with Crippen LogP contribution in [0.5, 0.6) is 0 Å². The maximum Gasteiger partial charge on any atom is 0.0644 e. The van der Waals surface area contributed by atoms with Gasteiger partial charge in [0.05, 0.1) is 25.9 Å². The molecule has 1 fully saturated rings. The molecule has 4 nitrogen and oxygen atoms in total. The minimum Gasteiger partial charge on any atom is -0.395 e. The topological polar surface area (TPSA) is 37.6 Å². The summed E-state index contributed by atoms with van der Waals surface area (Å²) in [4.78, 5) is 2.31. The van der Waals surface area contributed by atoms with E-state index in [1.54, 1.807) is 0 Å². The fourth-order valence-electron chi connectivity index (χ4n) is 2.90. The van der Waals surface area contributed by atoms with Gasteiger partial charge in [-0.05, 0) is 30.0 Å². The molecule has 1 saturated heterocycles. The van der Waals surface area contributed by atoms with Crippen LogP contribution in [0.1, 0.15) is 12.5 Å². The van der Waals surface area contributed by atoms with E-state index in [9.17, 15) is 5.11 Å². The molecule has 1 aromatic carbocycles. The smallest absolute Gasteiger partial charge is 0.0644 e. The van der Waals surface area contributed by atoms with Gasteiger partial charge in [0.2, 0.25) is 0 Å². The first-order chi connectivity index (χ1) is 9.81. The number of aryl methyl sites for hydroxylation is 1. The third kappa shape index (κ3) is 2.59. The van der Waals surface area contributed by atoms with Crippen LogP contribution in [-0.4, -0.2) is 47.0 Å². The fraction of sp³-hybridized carbons (Fsp3) is 0.500. The molecule has 2 heterocycles. The van der Waals surface area contributed by atoms with Crippen molar-refractivity contribution in [3.05, 3.63) is 36.0 Å². The summed E-state index contributed by atoms with van der Waals surface area (Å²) in [5, 5.41) is 10.7. The number of rotatable bonds is 4. The van der Waals surface area contributed by atoms with Gasteiger partial charge in [0.15, 0.2) is 0 Å². The highest BCUT2D eigenvalue weighted by Gasteiger charge is 2.22. The molecule has 2 aromatic rings. The van der Waals surface area contributed by atoms with E-state index in [0.29, 0.717) is 6.61 Å². The lowest BCUT2D eigenvalue weighted by molar-refractivity contribution is -0.0312. The largest absolute Gasteiger partial charge is 0.395 e. The standard InChI is InChI=1S/C16H22N2O2/c1-2-17-6-5-14-4-3-13(9-16(14)17)10-18-7-8-20-12-15(18)11-19/h3-6,9,15,19H,2,7-8,10-12H2,1H3/t15-/m0/s1. The molecule has 0 unspecified atom stereocenters. The van der Waals surface area contributed by atoms with Gasteiger partial charge in [-0.3, -0.25) is 4.90 Å². The summed E-state index contributed by atoms with van der Waals surface area (Å²) in [6, 6.07) is 8.92. The summed E-state index contributed by atoms with van der Waals surface area (Å²) in [6.07, 6.45) is 2.14. The average molecular weight is 274 g/mol. The first-order valence-corrected chi connectivity index (χ1v) is 7.32. The van der Waals surface area contributed by atoms with Gasteiger partial charge in [0.25, 0.3) is 0 Å². The predicted octanol–water partition coefficient (Wildman–Crippen LogP) is 1.85. The number of fused-ring (bicyclic) bond motifs is 1. The zero-order chi connectivity index (χ0) is 13.9. The second-order valence-corrected chi connectivity index (χ2v) is 5.38. The van der Waals surface area contributed by atoms with Gasteiger partial charge in [0.1, 0.15) is 0 Å². The lowest BCUT2D eigenvalue weighted by Gasteiger charge is -2.34. The molecule has 0 bridgehead atoms. The van der Waals surface area contributed by atoms with E-state index in [1.165, 1.54) is 16.5 Å². The van der Waals surface area contributed by atoms with Crippen molar-refractivity contribution >= 4 is 10.9 Å². The molecule has 0 radical (unpaired) electrons. The van der Waals surface area contributed by atoms with Crippen molar-refractivity contribution in [2.24, 2.45) is 0 Å². The third-order valence-corrected chi connectivity index (χ3v) is 4.12. The van der Waals surface area contributed by atoms with Crippen LogP contribution in [0.15, 0.2) is 30.5 Å². The number of aromatic nitrogens is 1. The van der Waals surface area contributed by atoms with E-state index < -0.39 is 0 Å². The van der Waals surface area contributed by atoms with Gasteiger partial charge in [-0.1, -0.05) is 12.1 Å². The van der Waals surface area contributed by atoms with Gasteiger partial charge in [-0.15, -0.1) is 0 Å². The summed E-state index contributed by atoms with van der Waals surface area (Å²) >= 11 is 0. The van der Waals surface area contributed by atoms with E-state index in [0.717, 1.165) is 26.2 Å². The summed E-state index contributed by atoms with van der Waals surface area (Å²) in [7, 11) is 0. The van der Waals surface area contributed by atoms with E-state index in [4.69, 9.17) is 4.74 Å². The maximum absolute atomic E-state index is 9.43. The van der Waals surface area contributed by atoms with Gasteiger partial charge in [0, 0.05) is 31.3 Å². The Morgan fingerprint density at radius 1 is 1.35 bits per heavy atom. The van der Waals surface area contributed by atoms with Crippen molar-refractivity contribution in [1.82, 2.24) is 9.47 Å². The quantitative estimate of drug-likeness (QED) is 0.924. The molecule has 1 atom stereocenters. The van der Waals surface area contributed by atoms with Crippen molar-refractivity contribution in [2.45, 2.75) is 26.1 Å². The zero-order valence-corrected chi connectivity index (χ0v) is 12.0. The monoisotopic (exact) mass is 274 g/mol. The Bertz CT molecular complexity index is 579. The molecular formula is C16H22N2O2. The lowest BCUT2D eigenvalue weighted by atomic mass is 10.1. The first kappa shape index (κ1) is 13.6. The normalized spacial score (nSPS) is 20.6. The number of hydrogen-bond acceptors (Lipinski definition) is 3. The first-order valence-electron chi connectivity index (χ1n) is 7.32. The van der Waals surface area contributed by atoms with Crippen LogP contribution in [0, 0.1) is 0 Å². The second-order valence-electron chi connectivity index (χ2n) is 5.38. The van der Waals surface area contributed by atoms with Crippen LogP contribution < -0.4 is 0 Å². The second kappa shape index (κ2) is 5.95. The van der Waals surface area contributed by atoms with E-state index in [1.807, 2.05) is 0 Å². The number of hydrogen-bond donors (Lipinski definition) is 1. The molecule has 1 N–H and O–H groups in total. The molecule has 4 heteroatoms. The van der Waals surface area contributed by atoms with Gasteiger partial charge >= 0.3 is 0 Å². The molecule has 1 aliphatic heterocycles. The molecule has 1 aliphatic rings. The van der Waals surface area contributed by atoms with Crippen LogP contribution in [-0.2, 0) is 17.8 Å². The van der Waals surface area contributed by atoms with Crippen LogP contribution in [0.25, 0.3) is 10.9 Å². The van der Waals surface area contributed by atoms with Crippen molar-refractivity contribution in [3.8, 4) is 0 Å². The van der Waals surface area contributed by atoms with Gasteiger partial charge in [-0.2, -0.15) is 0 Å². The average Bonchev–Trinajstić information content (AvgIpc) is 2.90. The molecule has 0 aliphatic carbocycles. The Morgan fingerprint density at radius 3 is 3.05 bits per heavy atom. The number of ether oxygens (including phenoxy) is 1. The predicted molar refractivity (Wildman–Crippen MR) is 79.7 cm³/mol.